The molecule has 2 N–H and O–H groups in total. The van der Waals surface area contributed by atoms with Crippen molar-refractivity contribution in [1.29, 1.82) is 0 Å². The molecule has 1 amide bonds. The topological polar surface area (TPSA) is 67.8 Å². The number of amides is 1. The minimum atomic E-state index is -1.99. The van der Waals surface area contributed by atoms with Crippen LogP contribution in [0.25, 0.3) is 0 Å². The molecular formula is C23H23NO4. The Morgan fingerprint density at radius 1 is 0.821 bits per heavy atom. The van der Waals surface area contributed by atoms with Crippen LogP contribution >= 0.6 is 0 Å². The van der Waals surface area contributed by atoms with Crippen LogP contribution in [0.15, 0.2) is 78.9 Å². The van der Waals surface area contributed by atoms with Gasteiger partial charge in [-0.05, 0) is 17.7 Å². The molecule has 0 heterocycles. The van der Waals surface area contributed by atoms with Crippen molar-refractivity contribution in [1.82, 2.24) is 5.32 Å². The van der Waals surface area contributed by atoms with E-state index in [-0.39, 0.29) is 6.54 Å². The van der Waals surface area contributed by atoms with Gasteiger partial charge in [0.2, 0.25) is 5.60 Å². The SMILES string of the molecule is COc1ccccc1C(O)(C(=O)NCc1ccccc1)c1ccccc1OC. The second-order valence-corrected chi connectivity index (χ2v) is 6.28. The molecule has 0 bridgehead atoms. The summed E-state index contributed by atoms with van der Waals surface area (Å²) in [5, 5.41) is 14.6. The summed E-state index contributed by atoms with van der Waals surface area (Å²) in [5.41, 5.74) is -0.382. The molecule has 3 rings (SSSR count). The Morgan fingerprint density at radius 3 is 1.79 bits per heavy atom. The predicted octanol–water partition coefficient (Wildman–Crippen LogP) is 3.26. The van der Waals surface area contributed by atoms with Crippen LogP contribution in [0.2, 0.25) is 0 Å². The highest BCUT2D eigenvalue weighted by molar-refractivity contribution is 5.91. The molecule has 0 aliphatic rings. The number of ether oxygens (including phenoxy) is 2. The van der Waals surface area contributed by atoms with E-state index in [1.165, 1.54) is 14.2 Å². The zero-order chi connectivity index (χ0) is 20.0. The highest BCUT2D eigenvalue weighted by Gasteiger charge is 2.44. The molecule has 5 heteroatoms. The number of rotatable bonds is 7. The molecule has 0 saturated carbocycles. The first kappa shape index (κ1) is 19.5. The summed E-state index contributed by atoms with van der Waals surface area (Å²) in [5.74, 6) is 0.252. The number of carbonyl (C=O) groups is 1. The van der Waals surface area contributed by atoms with Gasteiger partial charge in [0.15, 0.2) is 0 Å². The van der Waals surface area contributed by atoms with Crippen LogP contribution < -0.4 is 14.8 Å². The van der Waals surface area contributed by atoms with Crippen molar-refractivity contribution in [2.75, 3.05) is 14.2 Å². The van der Waals surface area contributed by atoms with E-state index < -0.39 is 11.5 Å². The average Bonchev–Trinajstić information content (AvgIpc) is 2.77. The van der Waals surface area contributed by atoms with Gasteiger partial charge in [-0.2, -0.15) is 0 Å². The van der Waals surface area contributed by atoms with Crippen molar-refractivity contribution in [3.8, 4) is 11.5 Å². The van der Waals surface area contributed by atoms with Crippen molar-refractivity contribution in [2.24, 2.45) is 0 Å². The number of benzene rings is 3. The van der Waals surface area contributed by atoms with Gasteiger partial charge in [-0.3, -0.25) is 4.79 Å². The van der Waals surface area contributed by atoms with Crippen LogP contribution in [0, 0.1) is 0 Å². The van der Waals surface area contributed by atoms with Gasteiger partial charge in [0.25, 0.3) is 5.91 Å². The average molecular weight is 377 g/mol. The molecule has 5 nitrogen and oxygen atoms in total. The lowest BCUT2D eigenvalue weighted by Crippen LogP contribution is -2.45. The lowest BCUT2D eigenvalue weighted by atomic mass is 9.84. The molecule has 0 fully saturated rings. The molecule has 0 aromatic heterocycles. The van der Waals surface area contributed by atoms with Crippen LogP contribution in [0.1, 0.15) is 16.7 Å². The van der Waals surface area contributed by atoms with Gasteiger partial charge in [-0.1, -0.05) is 66.7 Å². The molecule has 28 heavy (non-hydrogen) atoms. The molecule has 3 aromatic rings. The van der Waals surface area contributed by atoms with Crippen molar-refractivity contribution < 1.29 is 19.4 Å². The summed E-state index contributed by atoms with van der Waals surface area (Å²) in [4.78, 5) is 13.3. The van der Waals surface area contributed by atoms with Crippen LogP contribution in [0.5, 0.6) is 11.5 Å². The fourth-order valence-electron chi connectivity index (χ4n) is 3.18. The van der Waals surface area contributed by atoms with Gasteiger partial charge in [-0.15, -0.1) is 0 Å². The van der Waals surface area contributed by atoms with E-state index in [2.05, 4.69) is 5.32 Å². The third-order valence-corrected chi connectivity index (χ3v) is 4.62. The number of nitrogens with one attached hydrogen (secondary N) is 1. The summed E-state index contributed by atoms with van der Waals surface area (Å²) in [6, 6.07) is 23.4. The molecule has 0 radical (unpaired) electrons. The second kappa shape index (κ2) is 8.59. The molecule has 0 spiro atoms. The molecule has 0 unspecified atom stereocenters. The highest BCUT2D eigenvalue weighted by Crippen LogP contribution is 2.40. The van der Waals surface area contributed by atoms with Crippen LogP contribution in [0.3, 0.4) is 0 Å². The highest BCUT2D eigenvalue weighted by atomic mass is 16.5. The number of aliphatic hydroxyl groups is 1. The van der Waals surface area contributed by atoms with Crippen molar-refractivity contribution in [3.05, 3.63) is 95.6 Å². The summed E-state index contributed by atoms with van der Waals surface area (Å²) in [6.07, 6.45) is 0. The summed E-state index contributed by atoms with van der Waals surface area (Å²) in [7, 11) is 3.01. The minimum absolute atomic E-state index is 0.284. The summed E-state index contributed by atoms with van der Waals surface area (Å²) < 4.78 is 10.8. The smallest absolute Gasteiger partial charge is 0.261 e. The first-order chi connectivity index (χ1) is 13.6. The quantitative estimate of drug-likeness (QED) is 0.663. The lowest BCUT2D eigenvalue weighted by molar-refractivity contribution is -0.137. The van der Waals surface area contributed by atoms with Crippen LogP contribution in [-0.4, -0.2) is 25.2 Å². The molecule has 0 saturated heterocycles. The van der Waals surface area contributed by atoms with Gasteiger partial charge in [0.1, 0.15) is 11.5 Å². The third kappa shape index (κ3) is 3.70. The Kier molecular flexibility index (Phi) is 5.96. The molecule has 3 aromatic carbocycles. The maximum absolute atomic E-state index is 13.3. The van der Waals surface area contributed by atoms with E-state index in [0.717, 1.165) is 5.56 Å². The Morgan fingerprint density at radius 2 is 1.29 bits per heavy atom. The third-order valence-electron chi connectivity index (χ3n) is 4.62. The Hall–Kier alpha value is -3.31. The van der Waals surface area contributed by atoms with Gasteiger partial charge in [-0.25, -0.2) is 0 Å². The maximum Gasteiger partial charge on any atom is 0.261 e. The largest absolute Gasteiger partial charge is 0.496 e. The van der Waals surface area contributed by atoms with E-state index in [1.54, 1.807) is 48.5 Å². The summed E-state index contributed by atoms with van der Waals surface area (Å²) in [6.45, 7) is 0.284. The molecule has 144 valence electrons. The number of para-hydroxylation sites is 2. The monoisotopic (exact) mass is 377 g/mol. The number of hydrogen-bond donors (Lipinski definition) is 2. The first-order valence-corrected chi connectivity index (χ1v) is 8.92. The first-order valence-electron chi connectivity index (χ1n) is 8.92. The molecule has 0 aliphatic carbocycles. The van der Waals surface area contributed by atoms with Gasteiger partial charge >= 0.3 is 0 Å². The molecule has 0 aliphatic heterocycles. The number of carbonyl (C=O) groups excluding carboxylic acids is 1. The second-order valence-electron chi connectivity index (χ2n) is 6.28. The number of hydrogen-bond acceptors (Lipinski definition) is 4. The summed E-state index contributed by atoms with van der Waals surface area (Å²) >= 11 is 0. The van der Waals surface area contributed by atoms with Crippen molar-refractivity contribution in [2.45, 2.75) is 12.1 Å². The maximum atomic E-state index is 13.3. The van der Waals surface area contributed by atoms with E-state index in [0.29, 0.717) is 22.6 Å². The molecule has 0 atom stereocenters. The van der Waals surface area contributed by atoms with E-state index >= 15 is 0 Å². The normalized spacial score (nSPS) is 11.0. The zero-order valence-corrected chi connectivity index (χ0v) is 15.9. The fourth-order valence-corrected chi connectivity index (χ4v) is 3.18. The van der Waals surface area contributed by atoms with Gasteiger partial charge in [0, 0.05) is 17.7 Å². The lowest BCUT2D eigenvalue weighted by Gasteiger charge is -2.30. The fraction of sp³-hybridized carbons (Fsp3) is 0.174. The number of methoxy groups -OCH3 is 2. The standard InChI is InChI=1S/C23H23NO4/c1-27-20-14-8-6-12-18(20)23(26,19-13-7-9-15-21(19)28-2)22(25)24-16-17-10-4-3-5-11-17/h3-15,26H,16H2,1-2H3,(H,24,25). The molecular weight excluding hydrogens is 354 g/mol. The van der Waals surface area contributed by atoms with Crippen LogP contribution in [-0.2, 0) is 16.9 Å². The van der Waals surface area contributed by atoms with E-state index in [4.69, 9.17) is 9.47 Å². The van der Waals surface area contributed by atoms with Gasteiger partial charge < -0.3 is 19.9 Å². The van der Waals surface area contributed by atoms with Crippen molar-refractivity contribution >= 4 is 5.91 Å². The Labute approximate surface area is 164 Å². The Balaban J connectivity index is 2.07. The minimum Gasteiger partial charge on any atom is -0.496 e. The Bertz CT molecular complexity index is 893. The van der Waals surface area contributed by atoms with E-state index in [9.17, 15) is 9.90 Å². The van der Waals surface area contributed by atoms with Gasteiger partial charge in [0.05, 0.1) is 14.2 Å². The predicted molar refractivity (Wildman–Crippen MR) is 107 cm³/mol. The zero-order valence-electron chi connectivity index (χ0n) is 15.9. The van der Waals surface area contributed by atoms with Crippen molar-refractivity contribution in [3.63, 3.8) is 0 Å². The van der Waals surface area contributed by atoms with E-state index in [1.807, 2.05) is 30.3 Å². The van der Waals surface area contributed by atoms with Crippen LogP contribution in [0.4, 0.5) is 0 Å².